The minimum absolute atomic E-state index is 0.262. The van der Waals surface area contributed by atoms with Crippen molar-refractivity contribution in [2.24, 2.45) is 0 Å². The molecule has 184 valence electrons. The minimum Gasteiger partial charge on any atom is -0.496 e. The summed E-state index contributed by atoms with van der Waals surface area (Å²) in [5.74, 6) is 0.753. The number of aromatic nitrogens is 1. The monoisotopic (exact) mass is 471 g/mol. The second kappa shape index (κ2) is 10.2. The number of carboxylic acids is 1. The van der Waals surface area contributed by atoms with Crippen molar-refractivity contribution >= 4 is 5.97 Å². The molecule has 0 unspecified atom stereocenters. The molecule has 8 heteroatoms. The number of aliphatic carboxylic acids is 1. The zero-order chi connectivity index (χ0) is 24.3. The molecule has 2 aliphatic rings. The zero-order valence-corrected chi connectivity index (χ0v) is 20.3. The minimum atomic E-state index is -1.34. The number of carbonyl (C=O) groups is 1. The van der Waals surface area contributed by atoms with Gasteiger partial charge in [0.2, 0.25) is 11.5 Å². The van der Waals surface area contributed by atoms with Crippen LogP contribution in [-0.4, -0.2) is 54.7 Å². The van der Waals surface area contributed by atoms with E-state index in [9.17, 15) is 9.90 Å². The molecule has 2 fully saturated rings. The summed E-state index contributed by atoms with van der Waals surface area (Å²) in [5.41, 5.74) is 2.99. The molecule has 0 atom stereocenters. The Kier molecular flexibility index (Phi) is 7.28. The van der Waals surface area contributed by atoms with Crippen molar-refractivity contribution in [2.45, 2.75) is 64.8 Å². The number of hydrogen-bond acceptors (Lipinski definition) is 7. The molecule has 0 amide bonds. The summed E-state index contributed by atoms with van der Waals surface area (Å²) in [7, 11) is 1.64. The Balaban J connectivity index is 1.77. The van der Waals surface area contributed by atoms with E-state index in [-0.39, 0.29) is 24.8 Å². The van der Waals surface area contributed by atoms with E-state index in [1.807, 2.05) is 32.9 Å². The third-order valence-corrected chi connectivity index (χ3v) is 6.37. The first-order chi connectivity index (χ1) is 16.4. The van der Waals surface area contributed by atoms with E-state index in [2.05, 4.69) is 4.98 Å². The molecule has 34 heavy (non-hydrogen) atoms. The van der Waals surface area contributed by atoms with Gasteiger partial charge >= 0.3 is 5.97 Å². The largest absolute Gasteiger partial charge is 0.496 e. The van der Waals surface area contributed by atoms with Gasteiger partial charge in [0.25, 0.3) is 0 Å². The van der Waals surface area contributed by atoms with Gasteiger partial charge in [-0.2, -0.15) is 0 Å². The number of pyridine rings is 1. The third kappa shape index (κ3) is 5.13. The Hall–Kier alpha value is -2.84. The van der Waals surface area contributed by atoms with Crippen LogP contribution in [0.1, 0.15) is 49.4 Å². The quantitative estimate of drug-likeness (QED) is 0.542. The van der Waals surface area contributed by atoms with Crippen LogP contribution in [0.5, 0.6) is 17.4 Å². The van der Waals surface area contributed by atoms with E-state index in [0.29, 0.717) is 32.1 Å². The standard InChI is InChI=1S/C26H33NO7/c1-5-32-22-13-18(12-21(30-4)16(22)2)24-17(3)27-23(14-19(24)15-33-20-6-7-20)34-26(25(28)29)8-10-31-11-9-26/h12-14,20H,5-11,15H2,1-4H3,(H,28,29). The highest BCUT2D eigenvalue weighted by atomic mass is 16.5. The normalized spacial score (nSPS) is 17.3. The summed E-state index contributed by atoms with van der Waals surface area (Å²) in [6, 6.07) is 5.77. The number of benzene rings is 1. The van der Waals surface area contributed by atoms with Gasteiger partial charge in [-0.15, -0.1) is 0 Å². The van der Waals surface area contributed by atoms with Crippen molar-refractivity contribution < 1.29 is 33.6 Å². The van der Waals surface area contributed by atoms with E-state index in [4.69, 9.17) is 23.7 Å². The van der Waals surface area contributed by atoms with E-state index in [1.165, 1.54) is 0 Å². The average molecular weight is 472 g/mol. The van der Waals surface area contributed by atoms with Crippen molar-refractivity contribution in [1.29, 1.82) is 0 Å². The lowest BCUT2D eigenvalue weighted by Gasteiger charge is -2.33. The Morgan fingerprint density at radius 3 is 2.50 bits per heavy atom. The first kappa shape index (κ1) is 24.3. The highest BCUT2D eigenvalue weighted by Crippen LogP contribution is 2.39. The average Bonchev–Trinajstić information content (AvgIpc) is 3.64. The second-order valence-corrected chi connectivity index (χ2v) is 8.84. The fourth-order valence-corrected chi connectivity index (χ4v) is 4.29. The Morgan fingerprint density at radius 2 is 1.88 bits per heavy atom. The molecule has 1 aromatic heterocycles. The molecule has 2 aromatic rings. The molecule has 1 aliphatic heterocycles. The fourth-order valence-electron chi connectivity index (χ4n) is 4.29. The number of aryl methyl sites for hydroxylation is 1. The van der Waals surface area contributed by atoms with Gasteiger partial charge in [-0.1, -0.05) is 0 Å². The van der Waals surface area contributed by atoms with Gasteiger partial charge in [0.1, 0.15) is 11.5 Å². The topological polar surface area (TPSA) is 96.3 Å². The number of ether oxygens (including phenoxy) is 5. The Morgan fingerprint density at radius 1 is 1.18 bits per heavy atom. The van der Waals surface area contributed by atoms with Crippen LogP contribution in [0.3, 0.4) is 0 Å². The van der Waals surface area contributed by atoms with Crippen molar-refractivity contribution in [3.63, 3.8) is 0 Å². The Labute approximate surface area is 200 Å². The summed E-state index contributed by atoms with van der Waals surface area (Å²) in [4.78, 5) is 16.8. The molecule has 1 saturated carbocycles. The van der Waals surface area contributed by atoms with E-state index >= 15 is 0 Å². The van der Waals surface area contributed by atoms with Gasteiger partial charge < -0.3 is 28.8 Å². The molecule has 1 N–H and O–H groups in total. The third-order valence-electron chi connectivity index (χ3n) is 6.37. The van der Waals surface area contributed by atoms with Gasteiger partial charge in [-0.05, 0) is 56.9 Å². The summed E-state index contributed by atoms with van der Waals surface area (Å²) < 4.78 is 29.0. The Bertz CT molecular complexity index is 1040. The SMILES string of the molecule is CCOc1cc(-c2c(COC3CC3)cc(OC3(C(=O)O)CCOCC3)nc2C)cc(OC)c1C. The summed E-state index contributed by atoms with van der Waals surface area (Å²) in [6.07, 6.45) is 2.91. The molecule has 2 heterocycles. The predicted octanol–water partition coefficient (Wildman–Crippen LogP) is 4.46. The lowest BCUT2D eigenvalue weighted by atomic mass is 9.94. The van der Waals surface area contributed by atoms with Crippen molar-refractivity contribution in [2.75, 3.05) is 26.9 Å². The molecular weight excluding hydrogens is 438 g/mol. The maximum atomic E-state index is 12.1. The smallest absolute Gasteiger partial charge is 0.348 e. The van der Waals surface area contributed by atoms with Crippen LogP contribution in [0, 0.1) is 13.8 Å². The fraction of sp³-hybridized carbons (Fsp3) is 0.538. The van der Waals surface area contributed by atoms with Gasteiger partial charge in [0.15, 0.2) is 0 Å². The molecule has 8 nitrogen and oxygen atoms in total. The highest BCUT2D eigenvalue weighted by molar-refractivity contribution is 5.78. The number of rotatable bonds is 10. The molecule has 0 bridgehead atoms. The van der Waals surface area contributed by atoms with Gasteiger partial charge in [0, 0.05) is 35.7 Å². The van der Waals surface area contributed by atoms with Crippen molar-refractivity contribution in [1.82, 2.24) is 4.98 Å². The number of methoxy groups -OCH3 is 1. The highest BCUT2D eigenvalue weighted by Gasteiger charge is 2.43. The van der Waals surface area contributed by atoms with Crippen LogP contribution in [0.4, 0.5) is 0 Å². The van der Waals surface area contributed by atoms with Gasteiger partial charge in [-0.3, -0.25) is 0 Å². The van der Waals surface area contributed by atoms with Crippen molar-refractivity contribution in [3.8, 4) is 28.5 Å². The molecule has 1 saturated heterocycles. The van der Waals surface area contributed by atoms with Crippen LogP contribution in [0.25, 0.3) is 11.1 Å². The molecule has 0 radical (unpaired) electrons. The molecule has 1 aliphatic carbocycles. The molecular formula is C26H33NO7. The molecule has 1 aromatic carbocycles. The first-order valence-corrected chi connectivity index (χ1v) is 11.8. The lowest BCUT2D eigenvalue weighted by Crippen LogP contribution is -2.49. The lowest BCUT2D eigenvalue weighted by molar-refractivity contribution is -0.164. The molecule has 4 rings (SSSR count). The second-order valence-electron chi connectivity index (χ2n) is 8.84. The number of carboxylic acid groups (broad SMARTS) is 1. The molecule has 0 spiro atoms. The van der Waals surface area contributed by atoms with Crippen molar-refractivity contribution in [3.05, 3.63) is 35.0 Å². The van der Waals surface area contributed by atoms with Crippen LogP contribution in [0.2, 0.25) is 0 Å². The van der Waals surface area contributed by atoms with Crippen LogP contribution < -0.4 is 14.2 Å². The van der Waals surface area contributed by atoms with Crippen LogP contribution >= 0.6 is 0 Å². The van der Waals surface area contributed by atoms with Crippen LogP contribution in [0.15, 0.2) is 18.2 Å². The first-order valence-electron chi connectivity index (χ1n) is 11.8. The summed E-state index contributed by atoms with van der Waals surface area (Å²) in [6.45, 7) is 7.40. The van der Waals surface area contributed by atoms with E-state index < -0.39 is 11.6 Å². The van der Waals surface area contributed by atoms with E-state index in [1.54, 1.807) is 13.2 Å². The summed E-state index contributed by atoms with van der Waals surface area (Å²) >= 11 is 0. The zero-order valence-electron chi connectivity index (χ0n) is 20.3. The van der Waals surface area contributed by atoms with Crippen LogP contribution in [-0.2, 0) is 20.9 Å². The maximum absolute atomic E-state index is 12.1. The summed E-state index contributed by atoms with van der Waals surface area (Å²) in [5, 5.41) is 9.91. The number of hydrogen-bond donors (Lipinski definition) is 1. The van der Waals surface area contributed by atoms with Gasteiger partial charge in [0.05, 0.1) is 39.6 Å². The van der Waals surface area contributed by atoms with Gasteiger partial charge in [-0.25, -0.2) is 9.78 Å². The maximum Gasteiger partial charge on any atom is 0.348 e. The number of nitrogens with zero attached hydrogens (tertiary/aromatic N) is 1. The van der Waals surface area contributed by atoms with E-state index in [0.717, 1.165) is 46.6 Å². The predicted molar refractivity (Wildman–Crippen MR) is 126 cm³/mol.